The molecule has 2 aliphatic heterocycles. The first-order chi connectivity index (χ1) is 18.4. The standard InChI is InChI=1S/C30H29NO6S/c1-21-12-15-23(16-13-21)38(34,35)30-26(31(19-32)25-10-7-6-9-24(25)29(30)33)11-5-3-2-4-8-22-14-17-27-28(18-22)37-20-36-27/h6-7,9-19,30H,2-5,8,20H2,1H3/b26-11+. The van der Waals surface area contributed by atoms with E-state index >= 15 is 0 Å². The van der Waals surface area contributed by atoms with Crippen LogP contribution in [0.2, 0.25) is 0 Å². The monoisotopic (exact) mass is 531 g/mol. The Kier molecular flexibility index (Phi) is 7.33. The Morgan fingerprint density at radius 2 is 1.71 bits per heavy atom. The van der Waals surface area contributed by atoms with Gasteiger partial charge in [0.15, 0.2) is 32.4 Å². The van der Waals surface area contributed by atoms with Crippen LogP contribution in [0.4, 0.5) is 5.69 Å². The van der Waals surface area contributed by atoms with Crippen LogP contribution < -0.4 is 14.4 Å². The van der Waals surface area contributed by atoms with Gasteiger partial charge in [-0.2, -0.15) is 0 Å². The van der Waals surface area contributed by atoms with Gasteiger partial charge in [0.25, 0.3) is 0 Å². The second-order valence-corrected chi connectivity index (χ2v) is 11.5. The quantitative estimate of drug-likeness (QED) is 0.271. The fraction of sp³-hybridized carbons (Fsp3) is 0.267. The van der Waals surface area contributed by atoms with Crippen LogP contribution in [0, 0.1) is 6.92 Å². The van der Waals surface area contributed by atoms with Gasteiger partial charge in [0, 0.05) is 11.3 Å². The maximum Gasteiger partial charge on any atom is 0.231 e. The van der Waals surface area contributed by atoms with E-state index in [1.165, 1.54) is 22.6 Å². The van der Waals surface area contributed by atoms with Crippen molar-refractivity contribution >= 4 is 27.7 Å². The average molecular weight is 532 g/mol. The summed E-state index contributed by atoms with van der Waals surface area (Å²) in [6.07, 6.45) is 6.37. The summed E-state index contributed by atoms with van der Waals surface area (Å²) in [5.41, 5.74) is 2.90. The lowest BCUT2D eigenvalue weighted by molar-refractivity contribution is -0.107. The van der Waals surface area contributed by atoms with Crippen molar-refractivity contribution in [3.63, 3.8) is 0 Å². The van der Waals surface area contributed by atoms with Crippen LogP contribution in [0.25, 0.3) is 0 Å². The maximum absolute atomic E-state index is 13.7. The highest BCUT2D eigenvalue weighted by molar-refractivity contribution is 7.93. The van der Waals surface area contributed by atoms with Gasteiger partial charge in [0.05, 0.1) is 10.6 Å². The molecule has 7 nitrogen and oxygen atoms in total. The second-order valence-electron chi connectivity index (χ2n) is 9.51. The van der Waals surface area contributed by atoms with Gasteiger partial charge in [-0.15, -0.1) is 0 Å². The summed E-state index contributed by atoms with van der Waals surface area (Å²) in [5.74, 6) is 1.01. The molecule has 1 atom stereocenters. The molecular formula is C30H29NO6S. The maximum atomic E-state index is 13.7. The number of nitrogens with zero attached hydrogens (tertiary/aromatic N) is 1. The molecule has 1 unspecified atom stereocenters. The zero-order valence-corrected chi connectivity index (χ0v) is 21.9. The van der Waals surface area contributed by atoms with Gasteiger partial charge < -0.3 is 9.47 Å². The molecule has 2 heterocycles. The molecule has 0 spiro atoms. The van der Waals surface area contributed by atoms with E-state index in [1.54, 1.807) is 42.5 Å². The molecule has 3 aromatic carbocycles. The molecule has 0 aliphatic carbocycles. The van der Waals surface area contributed by atoms with Gasteiger partial charge >= 0.3 is 0 Å². The highest BCUT2D eigenvalue weighted by Gasteiger charge is 2.44. The number of rotatable bonds is 9. The number of ether oxygens (including phenoxy) is 2. The van der Waals surface area contributed by atoms with E-state index in [0.717, 1.165) is 42.7 Å². The molecule has 0 saturated carbocycles. The van der Waals surface area contributed by atoms with E-state index < -0.39 is 20.9 Å². The number of aryl methyl sites for hydroxylation is 2. The van der Waals surface area contributed by atoms with Crippen LogP contribution >= 0.6 is 0 Å². The van der Waals surface area contributed by atoms with Crippen LogP contribution in [0.1, 0.15) is 47.2 Å². The van der Waals surface area contributed by atoms with Crippen molar-refractivity contribution in [3.8, 4) is 11.5 Å². The molecule has 1 amide bonds. The summed E-state index contributed by atoms with van der Waals surface area (Å²) < 4.78 is 38.3. The van der Waals surface area contributed by atoms with Gasteiger partial charge in [-0.3, -0.25) is 14.5 Å². The number of ketones is 1. The van der Waals surface area contributed by atoms with Crippen molar-refractivity contribution in [2.24, 2.45) is 0 Å². The number of Topliss-reactive ketones (excluding diaryl/α,β-unsaturated/α-hetero) is 1. The van der Waals surface area contributed by atoms with E-state index in [2.05, 4.69) is 0 Å². The molecule has 0 N–H and O–H groups in total. The highest BCUT2D eigenvalue weighted by Crippen LogP contribution is 2.37. The second kappa shape index (κ2) is 10.8. The van der Waals surface area contributed by atoms with Crippen molar-refractivity contribution in [1.82, 2.24) is 0 Å². The Balaban J connectivity index is 1.35. The SMILES string of the molecule is Cc1ccc(S(=O)(=O)C2C(=O)c3ccccc3N(C=O)/C2=C/CCCCCc2ccc3c(c2)OCO3)cc1. The number of unbranched alkanes of at least 4 members (excludes halogenated alkanes) is 3. The third kappa shape index (κ3) is 4.96. The molecule has 38 heavy (non-hydrogen) atoms. The van der Waals surface area contributed by atoms with Crippen LogP contribution in [-0.4, -0.2) is 32.7 Å². The predicted octanol–water partition coefficient (Wildman–Crippen LogP) is 5.41. The highest BCUT2D eigenvalue weighted by atomic mass is 32.2. The van der Waals surface area contributed by atoms with Gasteiger partial charge in [0.1, 0.15) is 0 Å². The van der Waals surface area contributed by atoms with E-state index in [1.807, 2.05) is 25.1 Å². The first-order valence-corrected chi connectivity index (χ1v) is 14.2. The molecular weight excluding hydrogens is 502 g/mol. The number of carbonyl (C=O) groups is 2. The minimum absolute atomic E-state index is 0.0568. The number of allylic oxidation sites excluding steroid dienone is 1. The lowest BCUT2D eigenvalue weighted by Gasteiger charge is -2.33. The predicted molar refractivity (Wildman–Crippen MR) is 144 cm³/mol. The van der Waals surface area contributed by atoms with E-state index in [-0.39, 0.29) is 22.9 Å². The lowest BCUT2D eigenvalue weighted by Crippen LogP contribution is -2.44. The molecule has 196 valence electrons. The van der Waals surface area contributed by atoms with Crippen LogP contribution in [-0.2, 0) is 21.1 Å². The van der Waals surface area contributed by atoms with Crippen molar-refractivity contribution in [3.05, 3.63) is 95.2 Å². The van der Waals surface area contributed by atoms with Gasteiger partial charge in [-0.05, 0) is 74.6 Å². The third-order valence-electron chi connectivity index (χ3n) is 6.94. The summed E-state index contributed by atoms with van der Waals surface area (Å²) in [6, 6.07) is 19.0. The van der Waals surface area contributed by atoms with Gasteiger partial charge in [0.2, 0.25) is 13.2 Å². The topological polar surface area (TPSA) is 90.0 Å². The molecule has 2 aliphatic rings. The molecule has 0 saturated heterocycles. The largest absolute Gasteiger partial charge is 0.454 e. The van der Waals surface area contributed by atoms with E-state index in [0.29, 0.717) is 18.5 Å². The van der Waals surface area contributed by atoms with E-state index in [9.17, 15) is 18.0 Å². The Morgan fingerprint density at radius 3 is 2.50 bits per heavy atom. The van der Waals surface area contributed by atoms with Gasteiger partial charge in [-0.1, -0.05) is 48.4 Å². The summed E-state index contributed by atoms with van der Waals surface area (Å²) in [7, 11) is -4.09. The van der Waals surface area contributed by atoms with Crippen LogP contribution in [0.5, 0.6) is 11.5 Å². The number of hydrogen-bond acceptors (Lipinski definition) is 6. The molecule has 3 aromatic rings. The van der Waals surface area contributed by atoms with E-state index in [4.69, 9.17) is 9.47 Å². The third-order valence-corrected chi connectivity index (χ3v) is 8.94. The van der Waals surface area contributed by atoms with Crippen molar-refractivity contribution in [2.75, 3.05) is 11.7 Å². The number of benzene rings is 3. The number of amides is 1. The molecule has 0 bridgehead atoms. The zero-order valence-electron chi connectivity index (χ0n) is 21.1. The van der Waals surface area contributed by atoms with Crippen LogP contribution in [0.15, 0.2) is 83.4 Å². The lowest BCUT2D eigenvalue weighted by atomic mass is 9.96. The Morgan fingerprint density at radius 1 is 0.947 bits per heavy atom. The Hall–Kier alpha value is -3.91. The van der Waals surface area contributed by atoms with Gasteiger partial charge in [-0.25, -0.2) is 8.42 Å². The summed E-state index contributed by atoms with van der Waals surface area (Å²) >= 11 is 0. The molecule has 0 aromatic heterocycles. The number of fused-ring (bicyclic) bond motifs is 2. The molecule has 8 heteroatoms. The summed E-state index contributed by atoms with van der Waals surface area (Å²) in [4.78, 5) is 27.2. The fourth-order valence-electron chi connectivity index (χ4n) is 4.92. The minimum Gasteiger partial charge on any atom is -0.454 e. The zero-order chi connectivity index (χ0) is 26.7. The Bertz CT molecular complexity index is 1490. The smallest absolute Gasteiger partial charge is 0.231 e. The average Bonchev–Trinajstić information content (AvgIpc) is 3.39. The molecule has 5 rings (SSSR count). The number of hydrogen-bond donors (Lipinski definition) is 0. The number of anilines is 1. The summed E-state index contributed by atoms with van der Waals surface area (Å²) in [5, 5.41) is -1.49. The first kappa shape index (κ1) is 25.7. The fourth-order valence-corrected chi connectivity index (χ4v) is 6.64. The van der Waals surface area contributed by atoms with Crippen molar-refractivity contribution in [1.29, 1.82) is 0 Å². The molecule has 0 radical (unpaired) electrons. The molecule has 0 fully saturated rings. The number of carbonyl (C=O) groups excluding carboxylic acids is 2. The van der Waals surface area contributed by atoms with Crippen molar-refractivity contribution in [2.45, 2.75) is 49.2 Å². The first-order valence-electron chi connectivity index (χ1n) is 12.7. The normalized spacial score (nSPS) is 17.5. The van der Waals surface area contributed by atoms with Crippen molar-refractivity contribution < 1.29 is 27.5 Å². The van der Waals surface area contributed by atoms with Crippen LogP contribution in [0.3, 0.4) is 0 Å². The number of para-hydroxylation sites is 1. The Labute approximate surface area is 222 Å². The number of sulfone groups is 1. The minimum atomic E-state index is -4.09. The summed E-state index contributed by atoms with van der Waals surface area (Å²) in [6.45, 7) is 2.11.